The van der Waals surface area contributed by atoms with Gasteiger partial charge in [-0.15, -0.1) is 0 Å². The standard InChI is InChI=1S/C6H10.3ClH.Ir/c1-2-4-6-5-3-1;;;;/h1-2H,3-6H2;3*1H;/q;;;;+3/p-3. The summed E-state index contributed by atoms with van der Waals surface area (Å²) in [6, 6.07) is 0. The first-order valence-electron chi connectivity index (χ1n) is 3.03. The summed E-state index contributed by atoms with van der Waals surface area (Å²) in [5.41, 5.74) is 0. The molecular weight excluding hydrogens is 371 g/mol. The van der Waals surface area contributed by atoms with E-state index >= 15 is 0 Å². The van der Waals surface area contributed by atoms with Gasteiger partial charge in [0.05, 0.1) is 0 Å². The second-order valence-corrected chi connectivity index (χ2v) is 12.3. The van der Waals surface area contributed by atoms with Gasteiger partial charge in [-0.3, -0.25) is 0 Å². The molecule has 0 heterocycles. The van der Waals surface area contributed by atoms with Crippen LogP contribution in [0.4, 0.5) is 0 Å². The van der Waals surface area contributed by atoms with Crippen LogP contribution in [0.1, 0.15) is 25.7 Å². The average molecular weight is 381 g/mol. The van der Waals surface area contributed by atoms with E-state index in [0.29, 0.717) is 0 Å². The Morgan fingerprint density at radius 2 is 1.20 bits per heavy atom. The van der Waals surface area contributed by atoms with E-state index in [4.69, 9.17) is 28.8 Å². The van der Waals surface area contributed by atoms with Crippen LogP contribution in [-0.2, 0) is 13.5 Å². The van der Waals surface area contributed by atoms with Crippen molar-refractivity contribution >= 4 is 28.8 Å². The molecule has 0 saturated carbocycles. The molecule has 1 aliphatic rings. The van der Waals surface area contributed by atoms with Crippen LogP contribution in [0.15, 0.2) is 12.2 Å². The molecular formula is C6H10Cl3Ir. The molecule has 0 fully saturated rings. The molecule has 0 aromatic rings. The minimum atomic E-state index is -1.92. The molecule has 1 rings (SSSR count). The molecule has 0 unspecified atom stereocenters. The van der Waals surface area contributed by atoms with E-state index in [9.17, 15) is 0 Å². The van der Waals surface area contributed by atoms with Crippen LogP contribution in [0.5, 0.6) is 0 Å². The van der Waals surface area contributed by atoms with E-state index in [1.807, 2.05) is 0 Å². The maximum atomic E-state index is 4.97. The molecule has 1 aliphatic carbocycles. The molecule has 4 heteroatoms. The van der Waals surface area contributed by atoms with Crippen LogP contribution in [0.2, 0.25) is 0 Å². The second-order valence-electron chi connectivity index (χ2n) is 1.90. The fourth-order valence-electron chi connectivity index (χ4n) is 0.760. The molecule has 64 valence electrons. The normalized spacial score (nSPS) is 17.3. The minimum absolute atomic E-state index is 1.32. The first-order valence-corrected chi connectivity index (χ1v) is 11.9. The molecule has 0 nitrogen and oxygen atoms in total. The summed E-state index contributed by atoms with van der Waals surface area (Å²) in [7, 11) is 14.9. The van der Waals surface area contributed by atoms with Gasteiger partial charge >= 0.3 is 42.2 Å². The third-order valence-electron chi connectivity index (χ3n) is 1.16. The van der Waals surface area contributed by atoms with Crippen LogP contribution >= 0.6 is 28.8 Å². The Hall–Kier alpha value is 1.26. The van der Waals surface area contributed by atoms with Crippen molar-refractivity contribution in [1.82, 2.24) is 0 Å². The molecule has 0 N–H and O–H groups in total. The molecule has 0 saturated heterocycles. The number of hydrogen-bond acceptors (Lipinski definition) is 0. The van der Waals surface area contributed by atoms with E-state index < -0.39 is 13.5 Å². The van der Waals surface area contributed by atoms with Crippen molar-refractivity contribution in [2.45, 2.75) is 25.7 Å². The summed E-state index contributed by atoms with van der Waals surface area (Å²) in [5, 5.41) is 0. The number of rotatable bonds is 0. The fourth-order valence-corrected chi connectivity index (χ4v) is 0.760. The molecule has 0 spiro atoms. The zero-order valence-electron chi connectivity index (χ0n) is 5.45. The zero-order valence-corrected chi connectivity index (χ0v) is 10.1. The van der Waals surface area contributed by atoms with E-state index in [0.717, 1.165) is 0 Å². The molecule has 0 bridgehead atoms. The molecule has 0 radical (unpaired) electrons. The van der Waals surface area contributed by atoms with Crippen molar-refractivity contribution in [3.63, 3.8) is 0 Å². The monoisotopic (exact) mass is 380 g/mol. The molecule has 0 aromatic carbocycles. The van der Waals surface area contributed by atoms with E-state index in [1.54, 1.807) is 0 Å². The quantitative estimate of drug-likeness (QED) is 0.553. The summed E-state index contributed by atoms with van der Waals surface area (Å²) >= 11 is -1.92. The van der Waals surface area contributed by atoms with Crippen molar-refractivity contribution in [1.29, 1.82) is 0 Å². The third-order valence-corrected chi connectivity index (χ3v) is 1.16. The summed E-state index contributed by atoms with van der Waals surface area (Å²) in [5.74, 6) is 0. The fraction of sp³-hybridized carbons (Fsp3) is 0.667. The average Bonchev–Trinajstić information content (AvgIpc) is 1.90. The molecule has 10 heavy (non-hydrogen) atoms. The van der Waals surface area contributed by atoms with Gasteiger partial charge in [0.25, 0.3) is 0 Å². The van der Waals surface area contributed by atoms with E-state index in [1.165, 1.54) is 25.7 Å². The van der Waals surface area contributed by atoms with Crippen molar-refractivity contribution in [2.75, 3.05) is 0 Å². The van der Waals surface area contributed by atoms with Gasteiger partial charge in [-0.2, -0.15) is 0 Å². The maximum absolute atomic E-state index is 4.97. The number of hydrogen-bond donors (Lipinski definition) is 0. The van der Waals surface area contributed by atoms with Gasteiger partial charge in [0.1, 0.15) is 0 Å². The summed E-state index contributed by atoms with van der Waals surface area (Å²) in [4.78, 5) is 0. The van der Waals surface area contributed by atoms with E-state index in [-0.39, 0.29) is 0 Å². The van der Waals surface area contributed by atoms with Gasteiger partial charge in [0.15, 0.2) is 0 Å². The predicted octanol–water partition coefficient (Wildman–Crippen LogP) is 4.18. The van der Waals surface area contributed by atoms with Crippen molar-refractivity contribution in [3.05, 3.63) is 12.2 Å². The third kappa shape index (κ3) is 12.0. The molecule has 0 aliphatic heterocycles. The SMILES string of the molecule is C1=CCCCC1.[Cl][Ir]([Cl])[Cl]. The van der Waals surface area contributed by atoms with Gasteiger partial charge < -0.3 is 0 Å². The van der Waals surface area contributed by atoms with Crippen LogP contribution in [-0.4, -0.2) is 0 Å². The van der Waals surface area contributed by atoms with Gasteiger partial charge in [0, 0.05) is 0 Å². The Balaban J connectivity index is 0.000000180. The van der Waals surface area contributed by atoms with Crippen molar-refractivity contribution in [2.24, 2.45) is 0 Å². The molecule has 0 aromatic heterocycles. The Morgan fingerprint density at radius 1 is 0.900 bits per heavy atom. The number of halogens is 3. The Kier molecular flexibility index (Phi) is 9.41. The first-order chi connectivity index (χ1) is 4.73. The zero-order chi connectivity index (χ0) is 7.82. The Labute approximate surface area is 79.7 Å². The van der Waals surface area contributed by atoms with Gasteiger partial charge in [-0.05, 0) is 25.7 Å². The molecule has 0 amide bonds. The van der Waals surface area contributed by atoms with Gasteiger partial charge in [-0.1, -0.05) is 12.2 Å². The Bertz CT molecular complexity index is 82.2. The topological polar surface area (TPSA) is 0 Å². The predicted molar refractivity (Wildman–Crippen MR) is 45.2 cm³/mol. The Morgan fingerprint density at radius 3 is 1.30 bits per heavy atom. The number of allylic oxidation sites excluding steroid dienone is 2. The van der Waals surface area contributed by atoms with E-state index in [2.05, 4.69) is 12.2 Å². The van der Waals surface area contributed by atoms with Gasteiger partial charge in [0.2, 0.25) is 0 Å². The van der Waals surface area contributed by atoms with Gasteiger partial charge in [-0.25, -0.2) is 0 Å². The summed E-state index contributed by atoms with van der Waals surface area (Å²) in [6.45, 7) is 0. The summed E-state index contributed by atoms with van der Waals surface area (Å²) in [6.07, 6.45) is 10.0. The van der Waals surface area contributed by atoms with Crippen LogP contribution in [0.25, 0.3) is 0 Å². The molecule has 0 atom stereocenters. The van der Waals surface area contributed by atoms with Crippen molar-refractivity contribution in [3.8, 4) is 0 Å². The van der Waals surface area contributed by atoms with Crippen LogP contribution in [0.3, 0.4) is 0 Å². The van der Waals surface area contributed by atoms with Crippen LogP contribution in [0, 0.1) is 0 Å². The second kappa shape index (κ2) is 8.36. The summed E-state index contributed by atoms with van der Waals surface area (Å²) < 4.78 is 0. The first kappa shape index (κ1) is 11.3. The van der Waals surface area contributed by atoms with Crippen molar-refractivity contribution < 1.29 is 13.5 Å². The van der Waals surface area contributed by atoms with Crippen LogP contribution < -0.4 is 0 Å².